The second-order valence-corrected chi connectivity index (χ2v) is 8.94. The SMILES string of the molecule is CCOc1ccccc1NC(=O)C(C)OC(=O)c1ccc(C)c(S(=O)(=O)N(CC)CC)c1. The molecule has 1 unspecified atom stereocenters. The number of carbonyl (C=O) groups is 2. The van der Waals surface area contributed by atoms with E-state index in [1.165, 1.54) is 23.4 Å². The number of para-hydroxylation sites is 2. The first-order valence-corrected chi connectivity index (χ1v) is 11.9. The van der Waals surface area contributed by atoms with Crippen LogP contribution < -0.4 is 10.1 Å². The topological polar surface area (TPSA) is 102 Å². The minimum absolute atomic E-state index is 0.0402. The fourth-order valence-corrected chi connectivity index (χ4v) is 4.78. The summed E-state index contributed by atoms with van der Waals surface area (Å²) in [5.74, 6) is -0.818. The van der Waals surface area contributed by atoms with Crippen molar-refractivity contribution >= 4 is 27.6 Å². The monoisotopic (exact) mass is 462 g/mol. The fourth-order valence-electron chi connectivity index (χ4n) is 3.08. The molecule has 1 atom stereocenters. The molecule has 32 heavy (non-hydrogen) atoms. The molecule has 2 aromatic rings. The van der Waals surface area contributed by atoms with Crippen LogP contribution in [0.25, 0.3) is 0 Å². The number of hydrogen-bond acceptors (Lipinski definition) is 6. The summed E-state index contributed by atoms with van der Waals surface area (Å²) >= 11 is 0. The number of aryl methyl sites for hydroxylation is 1. The molecule has 0 bridgehead atoms. The molecule has 0 radical (unpaired) electrons. The molecule has 174 valence electrons. The van der Waals surface area contributed by atoms with E-state index in [1.807, 2.05) is 6.92 Å². The quantitative estimate of drug-likeness (QED) is 0.541. The van der Waals surface area contributed by atoms with Crippen LogP contribution in [0.4, 0.5) is 5.69 Å². The third-order valence-corrected chi connectivity index (χ3v) is 7.04. The van der Waals surface area contributed by atoms with Crippen molar-refractivity contribution in [1.29, 1.82) is 0 Å². The van der Waals surface area contributed by atoms with Crippen molar-refractivity contribution in [3.8, 4) is 5.75 Å². The molecule has 0 saturated carbocycles. The predicted octanol–water partition coefficient (Wildman–Crippen LogP) is 3.61. The van der Waals surface area contributed by atoms with E-state index in [0.29, 0.717) is 36.7 Å². The average Bonchev–Trinajstić information content (AvgIpc) is 2.76. The van der Waals surface area contributed by atoms with Crippen molar-refractivity contribution in [3.05, 3.63) is 53.6 Å². The maximum absolute atomic E-state index is 12.9. The number of hydrogen-bond donors (Lipinski definition) is 1. The number of carbonyl (C=O) groups excluding carboxylic acids is 2. The van der Waals surface area contributed by atoms with Crippen LogP contribution in [0.15, 0.2) is 47.4 Å². The summed E-state index contributed by atoms with van der Waals surface area (Å²) in [5.41, 5.74) is 1.03. The van der Waals surface area contributed by atoms with Gasteiger partial charge in [0.05, 0.1) is 22.8 Å². The second-order valence-electron chi connectivity index (χ2n) is 7.04. The first-order valence-electron chi connectivity index (χ1n) is 10.5. The molecule has 0 fully saturated rings. The Labute approximate surface area is 189 Å². The number of anilines is 1. The number of benzene rings is 2. The number of nitrogens with one attached hydrogen (secondary N) is 1. The van der Waals surface area contributed by atoms with Crippen LogP contribution in [0.3, 0.4) is 0 Å². The Morgan fingerprint density at radius 2 is 1.72 bits per heavy atom. The Kier molecular flexibility index (Phi) is 8.80. The van der Waals surface area contributed by atoms with Gasteiger partial charge in [0.25, 0.3) is 5.91 Å². The zero-order valence-electron chi connectivity index (χ0n) is 19.0. The summed E-state index contributed by atoms with van der Waals surface area (Å²) in [4.78, 5) is 25.2. The molecule has 0 aromatic heterocycles. The molecule has 9 heteroatoms. The lowest BCUT2D eigenvalue weighted by Gasteiger charge is -2.20. The molecule has 8 nitrogen and oxygen atoms in total. The van der Waals surface area contributed by atoms with Crippen LogP contribution in [0.5, 0.6) is 5.75 Å². The highest BCUT2D eigenvalue weighted by atomic mass is 32.2. The Morgan fingerprint density at radius 1 is 1.06 bits per heavy atom. The van der Waals surface area contributed by atoms with Gasteiger partial charge in [-0.2, -0.15) is 4.31 Å². The minimum Gasteiger partial charge on any atom is -0.492 e. The molecule has 2 aromatic carbocycles. The highest BCUT2D eigenvalue weighted by molar-refractivity contribution is 7.89. The zero-order chi connectivity index (χ0) is 23.9. The van der Waals surface area contributed by atoms with Crippen molar-refractivity contribution in [2.45, 2.75) is 45.6 Å². The lowest BCUT2D eigenvalue weighted by molar-refractivity contribution is -0.123. The fraction of sp³-hybridized carbons (Fsp3) is 0.391. The van der Waals surface area contributed by atoms with Gasteiger partial charge in [0, 0.05) is 13.1 Å². The lowest BCUT2D eigenvalue weighted by Crippen LogP contribution is -2.32. The molecule has 1 amide bonds. The van der Waals surface area contributed by atoms with Crippen molar-refractivity contribution < 1.29 is 27.5 Å². The number of rotatable bonds is 10. The summed E-state index contributed by atoms with van der Waals surface area (Å²) in [6.45, 7) is 9.50. The van der Waals surface area contributed by atoms with Gasteiger partial charge in [0.1, 0.15) is 5.75 Å². The summed E-state index contributed by atoms with van der Waals surface area (Å²) < 4.78 is 37.9. The lowest BCUT2D eigenvalue weighted by atomic mass is 10.1. The smallest absolute Gasteiger partial charge is 0.338 e. The second kappa shape index (κ2) is 11.1. The maximum atomic E-state index is 12.9. The van der Waals surface area contributed by atoms with Gasteiger partial charge >= 0.3 is 5.97 Å². The number of amides is 1. The largest absolute Gasteiger partial charge is 0.492 e. The molecule has 0 saturated heterocycles. The van der Waals surface area contributed by atoms with Crippen LogP contribution in [-0.4, -0.2) is 50.4 Å². The van der Waals surface area contributed by atoms with Gasteiger partial charge < -0.3 is 14.8 Å². The first-order chi connectivity index (χ1) is 15.1. The van der Waals surface area contributed by atoms with Crippen molar-refractivity contribution in [2.24, 2.45) is 0 Å². The number of nitrogens with zero attached hydrogens (tertiary/aromatic N) is 1. The molecule has 0 spiro atoms. The highest BCUT2D eigenvalue weighted by Crippen LogP contribution is 2.25. The number of esters is 1. The molecule has 1 N–H and O–H groups in total. The van der Waals surface area contributed by atoms with Crippen molar-refractivity contribution in [3.63, 3.8) is 0 Å². The molecular formula is C23H30N2O6S. The number of ether oxygens (including phenoxy) is 2. The van der Waals surface area contributed by atoms with E-state index < -0.39 is 28.0 Å². The van der Waals surface area contributed by atoms with Gasteiger partial charge in [-0.15, -0.1) is 0 Å². The van der Waals surface area contributed by atoms with Gasteiger partial charge in [-0.25, -0.2) is 13.2 Å². The summed E-state index contributed by atoms with van der Waals surface area (Å²) in [6, 6.07) is 11.3. The van der Waals surface area contributed by atoms with Crippen molar-refractivity contribution in [1.82, 2.24) is 4.31 Å². The third kappa shape index (κ3) is 5.86. The minimum atomic E-state index is -3.75. The third-order valence-electron chi connectivity index (χ3n) is 4.84. The van der Waals surface area contributed by atoms with Gasteiger partial charge in [-0.3, -0.25) is 4.79 Å². The van der Waals surface area contributed by atoms with Gasteiger partial charge in [-0.05, 0) is 50.6 Å². The van der Waals surface area contributed by atoms with E-state index in [2.05, 4.69) is 5.32 Å². The van der Waals surface area contributed by atoms with Gasteiger partial charge in [0.2, 0.25) is 10.0 Å². The standard InChI is InChI=1S/C23H30N2O6S/c1-6-25(7-2)32(28,29)21-15-18(14-13-16(21)4)23(27)31-17(5)22(26)24-19-11-9-10-12-20(19)30-8-3/h9-15,17H,6-8H2,1-5H3,(H,24,26). The molecule has 0 heterocycles. The van der Waals surface area contributed by atoms with E-state index in [1.54, 1.807) is 51.1 Å². The summed E-state index contributed by atoms with van der Waals surface area (Å²) in [5, 5.41) is 2.68. The molecule has 0 aliphatic heterocycles. The Bertz CT molecular complexity index is 1060. The van der Waals surface area contributed by atoms with E-state index in [-0.39, 0.29) is 10.5 Å². The maximum Gasteiger partial charge on any atom is 0.338 e. The van der Waals surface area contributed by atoms with E-state index in [4.69, 9.17) is 9.47 Å². The highest BCUT2D eigenvalue weighted by Gasteiger charge is 2.26. The molecular weight excluding hydrogens is 432 g/mol. The zero-order valence-corrected chi connectivity index (χ0v) is 19.9. The summed E-state index contributed by atoms with van der Waals surface area (Å²) in [6.07, 6.45) is -1.11. The Balaban J connectivity index is 2.18. The molecule has 2 rings (SSSR count). The van der Waals surface area contributed by atoms with Crippen LogP contribution in [0.2, 0.25) is 0 Å². The van der Waals surface area contributed by atoms with Crippen LogP contribution in [0.1, 0.15) is 43.6 Å². The first kappa shape index (κ1) is 25.4. The van der Waals surface area contributed by atoms with Crippen molar-refractivity contribution in [2.75, 3.05) is 25.0 Å². The Morgan fingerprint density at radius 3 is 2.34 bits per heavy atom. The predicted molar refractivity (Wildman–Crippen MR) is 122 cm³/mol. The molecule has 0 aliphatic rings. The molecule has 0 aliphatic carbocycles. The van der Waals surface area contributed by atoms with Crippen LogP contribution in [-0.2, 0) is 19.6 Å². The van der Waals surface area contributed by atoms with Gasteiger partial charge in [0.15, 0.2) is 6.10 Å². The average molecular weight is 463 g/mol. The van der Waals surface area contributed by atoms with Crippen LogP contribution >= 0.6 is 0 Å². The van der Waals surface area contributed by atoms with E-state index in [9.17, 15) is 18.0 Å². The number of sulfonamides is 1. The van der Waals surface area contributed by atoms with Gasteiger partial charge in [-0.1, -0.05) is 32.0 Å². The Hall–Kier alpha value is -2.91. The van der Waals surface area contributed by atoms with E-state index in [0.717, 1.165) is 0 Å². The van der Waals surface area contributed by atoms with Crippen LogP contribution in [0, 0.1) is 6.92 Å². The normalized spacial score (nSPS) is 12.3. The van der Waals surface area contributed by atoms with E-state index >= 15 is 0 Å². The summed E-state index contributed by atoms with van der Waals surface area (Å²) in [7, 11) is -3.75.